The molecule has 9 heteroatoms. The van der Waals surface area contributed by atoms with Gasteiger partial charge < -0.3 is 10.6 Å². The summed E-state index contributed by atoms with van der Waals surface area (Å²) < 4.78 is 41.7. The molecule has 146 valence electrons. The number of nitrogens with one attached hydrogen (secondary N) is 2. The largest absolute Gasteiger partial charge is 0.434 e. The highest BCUT2D eigenvalue weighted by molar-refractivity contribution is 5.95. The summed E-state index contributed by atoms with van der Waals surface area (Å²) in [5.41, 5.74) is 0.378. The van der Waals surface area contributed by atoms with Gasteiger partial charge in [-0.25, -0.2) is 4.68 Å². The highest BCUT2D eigenvalue weighted by Crippen LogP contribution is 2.34. The first-order chi connectivity index (χ1) is 12.4. The standard InChI is InChI=1S/C18H19F3N4O.ClH/c1-12-4-2-3-5-15(12)25-16(18(19,20)21)14(11-24-25)17(26)23-10-13-6-8-22-9-7-13;/h2-6,11,22H,7-10H2,1H3,(H,23,26);1H. The maximum Gasteiger partial charge on any atom is 0.434 e. The summed E-state index contributed by atoms with van der Waals surface area (Å²) in [6, 6.07) is 6.60. The van der Waals surface area contributed by atoms with Crippen molar-refractivity contribution in [3.05, 3.63) is 58.9 Å². The Bertz CT molecular complexity index is 845. The van der Waals surface area contributed by atoms with E-state index in [9.17, 15) is 18.0 Å². The van der Waals surface area contributed by atoms with E-state index in [1.165, 1.54) is 0 Å². The van der Waals surface area contributed by atoms with Crippen molar-refractivity contribution in [3.63, 3.8) is 0 Å². The molecule has 2 aromatic rings. The lowest BCUT2D eigenvalue weighted by atomic mass is 10.1. The van der Waals surface area contributed by atoms with E-state index in [2.05, 4.69) is 15.7 Å². The lowest BCUT2D eigenvalue weighted by Crippen LogP contribution is -2.31. The Hall–Kier alpha value is -2.32. The number of nitrogens with zero attached hydrogens (tertiary/aromatic N) is 2. The fraction of sp³-hybridized carbons (Fsp3) is 0.333. The van der Waals surface area contributed by atoms with Gasteiger partial charge in [-0.15, -0.1) is 12.4 Å². The Morgan fingerprint density at radius 1 is 1.33 bits per heavy atom. The molecule has 0 saturated carbocycles. The first-order valence-corrected chi connectivity index (χ1v) is 8.26. The van der Waals surface area contributed by atoms with Gasteiger partial charge in [0.15, 0.2) is 5.69 Å². The van der Waals surface area contributed by atoms with Crippen LogP contribution in [0.15, 0.2) is 42.1 Å². The van der Waals surface area contributed by atoms with Gasteiger partial charge in [-0.2, -0.15) is 18.3 Å². The molecule has 5 nitrogen and oxygen atoms in total. The number of aryl methyl sites for hydroxylation is 1. The molecule has 1 aromatic heterocycles. The van der Waals surface area contributed by atoms with Gasteiger partial charge in [-0.3, -0.25) is 4.79 Å². The Kier molecular flexibility index (Phi) is 6.67. The molecule has 0 atom stereocenters. The molecule has 2 heterocycles. The number of rotatable bonds is 4. The maximum absolute atomic E-state index is 13.7. The summed E-state index contributed by atoms with van der Waals surface area (Å²) in [4.78, 5) is 12.4. The molecule has 1 aliphatic heterocycles. The van der Waals surface area contributed by atoms with Gasteiger partial charge in [0.2, 0.25) is 0 Å². The summed E-state index contributed by atoms with van der Waals surface area (Å²) >= 11 is 0. The van der Waals surface area contributed by atoms with Crippen molar-refractivity contribution in [1.82, 2.24) is 20.4 Å². The van der Waals surface area contributed by atoms with E-state index in [1.54, 1.807) is 31.2 Å². The topological polar surface area (TPSA) is 59.0 Å². The van der Waals surface area contributed by atoms with Crippen molar-refractivity contribution >= 4 is 18.3 Å². The number of benzene rings is 1. The molecule has 0 fully saturated rings. The van der Waals surface area contributed by atoms with Crippen molar-refractivity contribution in [2.24, 2.45) is 0 Å². The zero-order valence-corrected chi connectivity index (χ0v) is 15.5. The Morgan fingerprint density at radius 3 is 2.70 bits per heavy atom. The van der Waals surface area contributed by atoms with E-state index in [-0.39, 0.29) is 19.0 Å². The van der Waals surface area contributed by atoms with E-state index in [4.69, 9.17) is 0 Å². The molecule has 0 saturated heterocycles. The lowest BCUT2D eigenvalue weighted by Gasteiger charge is -2.16. The zero-order valence-electron chi connectivity index (χ0n) is 14.6. The molecule has 1 aromatic carbocycles. The van der Waals surface area contributed by atoms with E-state index in [0.717, 1.165) is 29.4 Å². The fourth-order valence-electron chi connectivity index (χ4n) is 2.89. The Balaban J connectivity index is 0.00000261. The summed E-state index contributed by atoms with van der Waals surface area (Å²) in [7, 11) is 0. The van der Waals surface area contributed by atoms with Crippen molar-refractivity contribution in [1.29, 1.82) is 0 Å². The van der Waals surface area contributed by atoms with Gasteiger partial charge in [-0.05, 0) is 31.5 Å². The van der Waals surface area contributed by atoms with E-state index in [1.807, 2.05) is 6.08 Å². The van der Waals surface area contributed by atoms with Crippen LogP contribution in [-0.4, -0.2) is 35.3 Å². The number of hydrogen-bond acceptors (Lipinski definition) is 3. The first-order valence-electron chi connectivity index (χ1n) is 8.26. The minimum atomic E-state index is -4.71. The summed E-state index contributed by atoms with van der Waals surface area (Å²) in [5.74, 6) is -0.781. The predicted molar refractivity (Wildman–Crippen MR) is 98.5 cm³/mol. The van der Waals surface area contributed by atoms with Crippen LogP contribution >= 0.6 is 12.4 Å². The second-order valence-electron chi connectivity index (χ2n) is 6.10. The summed E-state index contributed by atoms with van der Waals surface area (Å²) in [5, 5.41) is 9.55. The normalized spacial score (nSPS) is 14.3. The molecule has 3 rings (SSSR count). The van der Waals surface area contributed by atoms with Crippen LogP contribution in [0.5, 0.6) is 0 Å². The number of aromatic nitrogens is 2. The van der Waals surface area contributed by atoms with Crippen LogP contribution in [0, 0.1) is 6.92 Å². The van der Waals surface area contributed by atoms with Crippen molar-refractivity contribution in [3.8, 4) is 5.69 Å². The van der Waals surface area contributed by atoms with Crippen LogP contribution in [0.1, 0.15) is 28.0 Å². The SMILES string of the molecule is Cc1ccccc1-n1ncc(C(=O)NCC2=CCNCC2)c1C(F)(F)F.Cl. The molecule has 27 heavy (non-hydrogen) atoms. The molecule has 0 unspecified atom stereocenters. The molecule has 0 aliphatic carbocycles. The van der Waals surface area contributed by atoms with Crippen LogP contribution in [-0.2, 0) is 6.18 Å². The smallest absolute Gasteiger partial charge is 0.348 e. The van der Waals surface area contributed by atoms with Gasteiger partial charge in [0.25, 0.3) is 5.91 Å². The molecule has 0 spiro atoms. The number of amides is 1. The van der Waals surface area contributed by atoms with E-state index < -0.39 is 23.3 Å². The van der Waals surface area contributed by atoms with Gasteiger partial charge in [0.1, 0.15) is 0 Å². The third-order valence-corrected chi connectivity index (χ3v) is 4.26. The van der Waals surface area contributed by atoms with Gasteiger partial charge in [0.05, 0.1) is 17.4 Å². The van der Waals surface area contributed by atoms with Crippen LogP contribution < -0.4 is 10.6 Å². The number of alkyl halides is 3. The fourth-order valence-corrected chi connectivity index (χ4v) is 2.89. The first kappa shape index (κ1) is 21.0. The van der Waals surface area contributed by atoms with Crippen molar-refractivity contribution in [2.75, 3.05) is 19.6 Å². The average Bonchev–Trinajstić information content (AvgIpc) is 3.06. The molecular formula is C18H20ClF3N4O. The van der Waals surface area contributed by atoms with Gasteiger partial charge in [0, 0.05) is 13.1 Å². The van der Waals surface area contributed by atoms with Crippen molar-refractivity contribution in [2.45, 2.75) is 19.5 Å². The number of carbonyl (C=O) groups excluding carboxylic acids is 1. The van der Waals surface area contributed by atoms with Crippen LogP contribution in [0.25, 0.3) is 5.69 Å². The van der Waals surface area contributed by atoms with Crippen LogP contribution in [0.3, 0.4) is 0 Å². The van der Waals surface area contributed by atoms with Gasteiger partial charge >= 0.3 is 6.18 Å². The Labute approximate surface area is 161 Å². The third kappa shape index (κ3) is 4.70. The molecule has 2 N–H and O–H groups in total. The second kappa shape index (κ2) is 8.58. The van der Waals surface area contributed by atoms with Crippen LogP contribution in [0.2, 0.25) is 0 Å². The van der Waals surface area contributed by atoms with E-state index in [0.29, 0.717) is 17.8 Å². The van der Waals surface area contributed by atoms with Crippen molar-refractivity contribution < 1.29 is 18.0 Å². The maximum atomic E-state index is 13.7. The van der Waals surface area contributed by atoms with E-state index >= 15 is 0 Å². The molecule has 1 amide bonds. The molecular weight excluding hydrogens is 381 g/mol. The third-order valence-electron chi connectivity index (χ3n) is 4.26. The highest BCUT2D eigenvalue weighted by Gasteiger charge is 2.40. The van der Waals surface area contributed by atoms with Crippen LogP contribution in [0.4, 0.5) is 13.2 Å². The predicted octanol–water partition coefficient (Wildman–Crippen LogP) is 3.27. The number of hydrogen-bond donors (Lipinski definition) is 2. The monoisotopic (exact) mass is 400 g/mol. The minimum Gasteiger partial charge on any atom is -0.348 e. The number of para-hydroxylation sites is 1. The quantitative estimate of drug-likeness (QED) is 0.774. The Morgan fingerprint density at radius 2 is 2.07 bits per heavy atom. The summed E-state index contributed by atoms with van der Waals surface area (Å²) in [6.45, 7) is 3.42. The molecule has 0 radical (unpaired) electrons. The zero-order chi connectivity index (χ0) is 18.7. The molecule has 0 bridgehead atoms. The molecule has 1 aliphatic rings. The average molecular weight is 401 g/mol. The van der Waals surface area contributed by atoms with Gasteiger partial charge in [-0.1, -0.05) is 29.8 Å². The summed E-state index contributed by atoms with van der Waals surface area (Å²) in [6.07, 6.45) is -1.04. The highest BCUT2D eigenvalue weighted by atomic mass is 35.5. The lowest BCUT2D eigenvalue weighted by molar-refractivity contribution is -0.143. The number of carbonyl (C=O) groups is 1. The second-order valence-corrected chi connectivity index (χ2v) is 6.10. The number of halogens is 4. The minimum absolute atomic E-state index is 0.